The summed E-state index contributed by atoms with van der Waals surface area (Å²) in [4.78, 5) is 34.5. The maximum absolute atomic E-state index is 13.4. The summed E-state index contributed by atoms with van der Waals surface area (Å²) in [5.41, 5.74) is 4.59. The van der Waals surface area contributed by atoms with E-state index in [4.69, 9.17) is 4.74 Å². The second-order valence-corrected chi connectivity index (χ2v) is 8.84. The Kier molecular flexibility index (Phi) is 7.09. The number of ether oxygens (including phenoxy) is 1. The van der Waals surface area contributed by atoms with Gasteiger partial charge in [-0.1, -0.05) is 18.7 Å². The molecule has 0 aliphatic carbocycles. The molecule has 0 atom stereocenters. The van der Waals surface area contributed by atoms with Crippen molar-refractivity contribution >= 4 is 40.0 Å². The summed E-state index contributed by atoms with van der Waals surface area (Å²) in [6.45, 7) is 5.59. The van der Waals surface area contributed by atoms with Crippen LogP contribution in [0, 0.1) is 0 Å². The average molecular weight is 515 g/mol. The summed E-state index contributed by atoms with van der Waals surface area (Å²) in [5.74, 6) is 0.909. The molecule has 1 amide bonds. The minimum absolute atomic E-state index is 0.124. The van der Waals surface area contributed by atoms with Crippen LogP contribution in [0.1, 0.15) is 12.0 Å². The number of carbonyl (C=O) groups excluding carboxylic acids is 1. The number of likely N-dealkylation sites (N-methyl/N-ethyl adjacent to an activating group) is 1. The molecule has 3 heterocycles. The lowest BCUT2D eigenvalue weighted by Crippen LogP contribution is -2.25. The smallest absolute Gasteiger partial charge is 0.334 e. The van der Waals surface area contributed by atoms with Crippen molar-refractivity contribution < 1.29 is 9.53 Å². The number of nitrogens with zero attached hydrogens (tertiary/aromatic N) is 4. The Hall–Kier alpha value is -4.64. The summed E-state index contributed by atoms with van der Waals surface area (Å²) in [6.07, 6.45) is 4.68. The number of benzene rings is 2. The van der Waals surface area contributed by atoms with E-state index in [9.17, 15) is 9.59 Å². The van der Waals surface area contributed by atoms with E-state index in [-0.39, 0.29) is 17.5 Å². The fourth-order valence-electron chi connectivity index (χ4n) is 4.70. The molecule has 11 heteroatoms. The third-order valence-electron chi connectivity index (χ3n) is 6.45. The number of nitrogens with one attached hydrogen (secondary N) is 4. The number of para-hydroxylation sites is 1. The zero-order valence-corrected chi connectivity index (χ0v) is 21.4. The summed E-state index contributed by atoms with van der Waals surface area (Å²) in [6, 6.07) is 11.2. The molecule has 11 nitrogen and oxygen atoms in total. The predicted octanol–water partition coefficient (Wildman–Crippen LogP) is 3.04. The van der Waals surface area contributed by atoms with E-state index >= 15 is 0 Å². The molecule has 1 aliphatic rings. The first kappa shape index (κ1) is 25.0. The van der Waals surface area contributed by atoms with Gasteiger partial charge in [0.1, 0.15) is 11.6 Å². The van der Waals surface area contributed by atoms with Crippen LogP contribution < -0.4 is 31.7 Å². The fraction of sp³-hybridized carbons (Fsp3) is 0.259. The molecule has 5 rings (SSSR count). The molecule has 2 aromatic heterocycles. The molecule has 1 aliphatic heterocycles. The van der Waals surface area contributed by atoms with E-state index in [0.717, 1.165) is 30.4 Å². The van der Waals surface area contributed by atoms with Gasteiger partial charge in [-0.05, 0) is 43.7 Å². The summed E-state index contributed by atoms with van der Waals surface area (Å²) in [7, 11) is 3.42. The van der Waals surface area contributed by atoms with Crippen molar-refractivity contribution in [3.63, 3.8) is 0 Å². The van der Waals surface area contributed by atoms with Crippen LogP contribution in [0.4, 0.5) is 23.0 Å². The van der Waals surface area contributed by atoms with Crippen molar-refractivity contribution in [2.75, 3.05) is 43.2 Å². The molecule has 0 spiro atoms. The molecule has 0 saturated carbocycles. The number of methoxy groups -OCH3 is 1. The van der Waals surface area contributed by atoms with Gasteiger partial charge in [-0.2, -0.15) is 4.98 Å². The van der Waals surface area contributed by atoms with Crippen LogP contribution in [-0.4, -0.2) is 52.3 Å². The zero-order valence-electron chi connectivity index (χ0n) is 21.4. The van der Waals surface area contributed by atoms with E-state index in [0.29, 0.717) is 41.7 Å². The number of hydrogen-bond donors (Lipinski definition) is 4. The van der Waals surface area contributed by atoms with Gasteiger partial charge in [0.2, 0.25) is 11.9 Å². The van der Waals surface area contributed by atoms with E-state index in [2.05, 4.69) is 43.9 Å². The lowest BCUT2D eigenvalue weighted by atomic mass is 10.0. The first-order valence-corrected chi connectivity index (χ1v) is 12.4. The number of carbonyl (C=O) groups is 1. The first-order chi connectivity index (χ1) is 18.5. The van der Waals surface area contributed by atoms with Crippen LogP contribution in [0.2, 0.25) is 0 Å². The summed E-state index contributed by atoms with van der Waals surface area (Å²) in [5, 5.41) is 12.4. The number of aromatic nitrogens is 4. The first-order valence-electron chi connectivity index (χ1n) is 12.4. The van der Waals surface area contributed by atoms with Crippen LogP contribution in [0.3, 0.4) is 0 Å². The van der Waals surface area contributed by atoms with Gasteiger partial charge in [-0.15, -0.1) is 0 Å². The van der Waals surface area contributed by atoms with Gasteiger partial charge < -0.3 is 26.0 Å². The van der Waals surface area contributed by atoms with Crippen LogP contribution in [0.5, 0.6) is 5.75 Å². The third kappa shape index (κ3) is 4.71. The van der Waals surface area contributed by atoms with Crippen LogP contribution in [-0.2, 0) is 17.8 Å². The lowest BCUT2D eigenvalue weighted by molar-refractivity contribution is -0.111. The second-order valence-electron chi connectivity index (χ2n) is 8.84. The van der Waals surface area contributed by atoms with Gasteiger partial charge in [-0.3, -0.25) is 9.36 Å². The Morgan fingerprint density at radius 2 is 2.05 bits per heavy atom. The quantitative estimate of drug-likeness (QED) is 0.188. The molecular weight excluding hydrogens is 484 g/mol. The van der Waals surface area contributed by atoms with E-state index in [1.165, 1.54) is 11.6 Å². The van der Waals surface area contributed by atoms with Crippen LogP contribution in [0.25, 0.3) is 16.9 Å². The monoisotopic (exact) mass is 514 g/mol. The highest BCUT2D eigenvalue weighted by Crippen LogP contribution is 2.36. The molecule has 4 N–H and O–H groups in total. The molecule has 2 aromatic carbocycles. The van der Waals surface area contributed by atoms with Gasteiger partial charge in [0.05, 0.1) is 35.2 Å². The highest BCUT2D eigenvalue weighted by Gasteiger charge is 2.21. The number of rotatable bonds is 10. The standard InChI is InChI=1S/C27H30N8O3/c1-4-24(36)31-19-15-20(22(38-3)16-18(19)29-13-12-28-2)32-26-30-11-10-23(33-26)35-21-9-5-7-17-8-6-14-34(25(17)21)27(35)37/h4-5,7,9-11,15-16,28-29H,1,6,8,12-14H2,2-3H3,(H,31,36)(H,30,32,33). The number of amides is 1. The number of hydrogen-bond acceptors (Lipinski definition) is 8. The molecule has 0 radical (unpaired) electrons. The van der Waals surface area contributed by atoms with Crippen molar-refractivity contribution in [1.82, 2.24) is 24.4 Å². The highest BCUT2D eigenvalue weighted by atomic mass is 16.5. The highest BCUT2D eigenvalue weighted by molar-refractivity contribution is 6.02. The molecule has 0 unspecified atom stereocenters. The van der Waals surface area contributed by atoms with E-state index in [1.54, 1.807) is 36.1 Å². The Bertz CT molecular complexity index is 1570. The third-order valence-corrected chi connectivity index (χ3v) is 6.45. The summed E-state index contributed by atoms with van der Waals surface area (Å²) >= 11 is 0. The Balaban J connectivity index is 1.53. The Morgan fingerprint density at radius 3 is 2.84 bits per heavy atom. The van der Waals surface area contributed by atoms with Crippen LogP contribution >= 0.6 is 0 Å². The predicted molar refractivity (Wildman–Crippen MR) is 149 cm³/mol. The van der Waals surface area contributed by atoms with E-state index in [1.807, 2.05) is 23.7 Å². The minimum Gasteiger partial charge on any atom is -0.494 e. The Morgan fingerprint density at radius 1 is 1.18 bits per heavy atom. The van der Waals surface area contributed by atoms with Crippen molar-refractivity contribution in [1.29, 1.82) is 0 Å². The van der Waals surface area contributed by atoms with Crippen molar-refractivity contribution in [3.8, 4) is 11.6 Å². The largest absolute Gasteiger partial charge is 0.494 e. The molecule has 4 aromatic rings. The maximum atomic E-state index is 13.4. The van der Waals surface area contributed by atoms with E-state index < -0.39 is 0 Å². The van der Waals surface area contributed by atoms with Gasteiger partial charge in [0.25, 0.3) is 0 Å². The van der Waals surface area contributed by atoms with Crippen molar-refractivity contribution in [3.05, 3.63) is 71.3 Å². The SMILES string of the molecule is C=CC(=O)Nc1cc(Nc2nccc(-n3c(=O)n4c5c(cccc53)CCC4)n2)c(OC)cc1NCCNC. The second kappa shape index (κ2) is 10.8. The fourth-order valence-corrected chi connectivity index (χ4v) is 4.70. The van der Waals surface area contributed by atoms with Crippen LogP contribution in [0.15, 0.2) is 60.0 Å². The normalized spacial score (nSPS) is 12.3. The Labute approximate surface area is 219 Å². The molecule has 0 saturated heterocycles. The number of imidazole rings is 1. The molecule has 196 valence electrons. The zero-order chi connectivity index (χ0) is 26.6. The topological polar surface area (TPSA) is 127 Å². The van der Waals surface area contributed by atoms with Crippen molar-refractivity contribution in [2.45, 2.75) is 19.4 Å². The van der Waals surface area contributed by atoms with Gasteiger partial charge in [-0.25, -0.2) is 14.3 Å². The van der Waals surface area contributed by atoms with Gasteiger partial charge >= 0.3 is 5.69 Å². The molecule has 0 fully saturated rings. The average Bonchev–Trinajstić information content (AvgIpc) is 3.23. The number of aryl methyl sites for hydroxylation is 2. The summed E-state index contributed by atoms with van der Waals surface area (Å²) < 4.78 is 9.06. The molecular formula is C27H30N8O3. The van der Waals surface area contributed by atoms with Gasteiger partial charge in [0, 0.05) is 38.0 Å². The van der Waals surface area contributed by atoms with Gasteiger partial charge in [0.15, 0.2) is 0 Å². The number of anilines is 4. The van der Waals surface area contributed by atoms with Crippen molar-refractivity contribution in [2.24, 2.45) is 0 Å². The minimum atomic E-state index is -0.344. The maximum Gasteiger partial charge on any atom is 0.334 e. The molecule has 0 bridgehead atoms. The molecule has 38 heavy (non-hydrogen) atoms. The lowest BCUT2D eigenvalue weighted by Gasteiger charge is -2.18.